The molecule has 0 amide bonds. The lowest BCUT2D eigenvalue weighted by Gasteiger charge is -2.18. The molecule has 0 saturated heterocycles. The van der Waals surface area contributed by atoms with Crippen molar-refractivity contribution in [3.63, 3.8) is 0 Å². The average Bonchev–Trinajstić information content (AvgIpc) is 2.61. The monoisotopic (exact) mass is 462 g/mol. The van der Waals surface area contributed by atoms with Crippen molar-refractivity contribution >= 4 is 29.9 Å². The van der Waals surface area contributed by atoms with Gasteiger partial charge < -0.3 is 20.6 Å². The zero-order valence-corrected chi connectivity index (χ0v) is 18.2. The smallest absolute Gasteiger partial charge is 0.191 e. The molecule has 3 N–H and O–H groups in total. The summed E-state index contributed by atoms with van der Waals surface area (Å²) in [5.74, 6) is 0.852. The molecule has 0 fully saturated rings. The van der Waals surface area contributed by atoms with Crippen LogP contribution in [-0.2, 0) is 0 Å². The molecule has 1 rings (SSSR count). The van der Waals surface area contributed by atoms with E-state index in [9.17, 15) is 5.11 Å². The fourth-order valence-corrected chi connectivity index (χ4v) is 2.44. The van der Waals surface area contributed by atoms with E-state index in [4.69, 9.17) is 0 Å². The van der Waals surface area contributed by atoms with Crippen molar-refractivity contribution in [2.75, 3.05) is 46.4 Å². The van der Waals surface area contributed by atoms with Crippen LogP contribution in [0.15, 0.2) is 35.3 Å². The summed E-state index contributed by atoms with van der Waals surface area (Å²) in [5.41, 5.74) is 1.12. The highest BCUT2D eigenvalue weighted by Gasteiger charge is 2.10. The summed E-state index contributed by atoms with van der Waals surface area (Å²) < 4.78 is 0. The summed E-state index contributed by atoms with van der Waals surface area (Å²) in [7, 11) is 2.15. The maximum absolute atomic E-state index is 9.64. The van der Waals surface area contributed by atoms with Crippen molar-refractivity contribution in [1.29, 1.82) is 0 Å². The number of hydrogen-bond acceptors (Lipinski definition) is 3. The standard InChI is InChI=1S/C19H34N4O.HI/c1-4-6-13-23(3)14-12-21-19(20-5-2)22-15-18(16-24)17-10-8-7-9-11-17;/h7-11,18,24H,4-6,12-16H2,1-3H3,(H2,20,21,22);1H. The van der Waals surface area contributed by atoms with Crippen LogP contribution >= 0.6 is 24.0 Å². The summed E-state index contributed by atoms with van der Waals surface area (Å²) in [4.78, 5) is 6.97. The van der Waals surface area contributed by atoms with Crippen molar-refractivity contribution in [2.45, 2.75) is 32.6 Å². The van der Waals surface area contributed by atoms with Crippen molar-refractivity contribution in [3.8, 4) is 0 Å². The predicted octanol–water partition coefficient (Wildman–Crippen LogP) is 2.67. The van der Waals surface area contributed by atoms with E-state index in [0.29, 0.717) is 6.54 Å². The Morgan fingerprint density at radius 2 is 1.88 bits per heavy atom. The molecule has 1 unspecified atom stereocenters. The second kappa shape index (κ2) is 15.4. The van der Waals surface area contributed by atoms with E-state index in [0.717, 1.165) is 37.7 Å². The summed E-state index contributed by atoms with van der Waals surface area (Å²) in [5, 5.41) is 16.3. The normalized spacial score (nSPS) is 12.6. The molecule has 0 bridgehead atoms. The first-order valence-electron chi connectivity index (χ1n) is 9.07. The van der Waals surface area contributed by atoms with Gasteiger partial charge in [0.2, 0.25) is 0 Å². The molecule has 0 aromatic heterocycles. The molecule has 0 aliphatic carbocycles. The molecular formula is C19H35IN4O. The minimum atomic E-state index is 0. The Bertz CT molecular complexity index is 456. The van der Waals surface area contributed by atoms with Crippen LogP contribution in [0.1, 0.15) is 38.2 Å². The second-order valence-corrected chi connectivity index (χ2v) is 6.09. The summed E-state index contributed by atoms with van der Waals surface area (Å²) in [6, 6.07) is 10.1. The number of nitrogens with one attached hydrogen (secondary N) is 2. The number of unbranched alkanes of at least 4 members (excludes halogenated alkanes) is 1. The van der Waals surface area contributed by atoms with Gasteiger partial charge in [-0.2, -0.15) is 0 Å². The van der Waals surface area contributed by atoms with E-state index in [1.54, 1.807) is 0 Å². The fourth-order valence-electron chi connectivity index (χ4n) is 2.44. The number of benzene rings is 1. The lowest BCUT2D eigenvalue weighted by molar-refractivity contribution is 0.268. The Kier molecular flexibility index (Phi) is 14.9. The molecule has 1 aromatic carbocycles. The second-order valence-electron chi connectivity index (χ2n) is 6.09. The van der Waals surface area contributed by atoms with Gasteiger partial charge in [-0.15, -0.1) is 24.0 Å². The molecule has 0 radical (unpaired) electrons. The Hall–Kier alpha value is -0.860. The van der Waals surface area contributed by atoms with Gasteiger partial charge in [0.1, 0.15) is 0 Å². The lowest BCUT2D eigenvalue weighted by atomic mass is 10.0. The van der Waals surface area contributed by atoms with Crippen LogP contribution in [0, 0.1) is 0 Å². The molecule has 144 valence electrons. The third-order valence-corrected chi connectivity index (χ3v) is 3.98. The Morgan fingerprint density at radius 1 is 1.16 bits per heavy atom. The molecule has 5 nitrogen and oxygen atoms in total. The number of aliphatic imine (C=N–C) groups is 1. The van der Waals surface area contributed by atoms with Crippen LogP contribution in [0.4, 0.5) is 0 Å². The predicted molar refractivity (Wildman–Crippen MR) is 118 cm³/mol. The molecule has 1 atom stereocenters. The summed E-state index contributed by atoms with van der Waals surface area (Å²) in [6.07, 6.45) is 2.46. The van der Waals surface area contributed by atoms with E-state index in [1.807, 2.05) is 30.3 Å². The first kappa shape index (κ1) is 24.1. The molecule has 0 heterocycles. The Labute approximate surface area is 170 Å². The van der Waals surface area contributed by atoms with Gasteiger partial charge in [0, 0.05) is 25.6 Å². The van der Waals surface area contributed by atoms with Crippen LogP contribution in [0.3, 0.4) is 0 Å². The molecular weight excluding hydrogens is 427 g/mol. The highest BCUT2D eigenvalue weighted by molar-refractivity contribution is 14.0. The van der Waals surface area contributed by atoms with Gasteiger partial charge in [-0.3, -0.25) is 4.99 Å². The first-order valence-corrected chi connectivity index (χ1v) is 9.07. The van der Waals surface area contributed by atoms with E-state index in [-0.39, 0.29) is 36.5 Å². The maximum Gasteiger partial charge on any atom is 0.191 e. The number of aliphatic hydroxyl groups is 1. The van der Waals surface area contributed by atoms with Crippen LogP contribution < -0.4 is 10.6 Å². The van der Waals surface area contributed by atoms with Crippen LogP contribution in [-0.4, -0.2) is 62.3 Å². The highest BCUT2D eigenvalue weighted by atomic mass is 127. The van der Waals surface area contributed by atoms with Crippen molar-refractivity contribution in [2.24, 2.45) is 4.99 Å². The number of likely N-dealkylation sites (N-methyl/N-ethyl adjacent to an activating group) is 1. The van der Waals surface area contributed by atoms with E-state index >= 15 is 0 Å². The molecule has 0 spiro atoms. The number of rotatable bonds is 11. The molecule has 1 aromatic rings. The van der Waals surface area contributed by atoms with Crippen LogP contribution in [0.25, 0.3) is 0 Å². The molecule has 0 aliphatic rings. The fraction of sp³-hybridized carbons (Fsp3) is 0.632. The molecule has 0 aliphatic heterocycles. The third-order valence-electron chi connectivity index (χ3n) is 3.98. The number of hydrogen-bond donors (Lipinski definition) is 3. The van der Waals surface area contributed by atoms with Crippen molar-refractivity contribution in [1.82, 2.24) is 15.5 Å². The number of halogens is 1. The maximum atomic E-state index is 9.64. The van der Waals surface area contributed by atoms with E-state index in [1.165, 1.54) is 12.8 Å². The average molecular weight is 462 g/mol. The van der Waals surface area contributed by atoms with Crippen LogP contribution in [0.5, 0.6) is 0 Å². The largest absolute Gasteiger partial charge is 0.396 e. The van der Waals surface area contributed by atoms with Crippen molar-refractivity contribution < 1.29 is 5.11 Å². The SMILES string of the molecule is CCCCN(C)CCNC(=NCC(CO)c1ccccc1)NCC.I. The zero-order valence-electron chi connectivity index (χ0n) is 15.9. The highest BCUT2D eigenvalue weighted by Crippen LogP contribution is 2.14. The number of aliphatic hydroxyl groups excluding tert-OH is 1. The number of guanidine groups is 1. The molecule has 0 saturated carbocycles. The lowest BCUT2D eigenvalue weighted by Crippen LogP contribution is -2.41. The first-order chi connectivity index (χ1) is 11.7. The summed E-state index contributed by atoms with van der Waals surface area (Å²) >= 11 is 0. The van der Waals surface area contributed by atoms with Gasteiger partial charge in [-0.05, 0) is 32.5 Å². The minimum Gasteiger partial charge on any atom is -0.396 e. The quantitative estimate of drug-likeness (QED) is 0.269. The molecule has 25 heavy (non-hydrogen) atoms. The zero-order chi connectivity index (χ0) is 17.6. The third kappa shape index (κ3) is 10.7. The van der Waals surface area contributed by atoms with Gasteiger partial charge in [0.15, 0.2) is 5.96 Å². The topological polar surface area (TPSA) is 59.9 Å². The van der Waals surface area contributed by atoms with Gasteiger partial charge in [0.25, 0.3) is 0 Å². The minimum absolute atomic E-state index is 0. The summed E-state index contributed by atoms with van der Waals surface area (Å²) in [6.45, 7) is 8.76. The van der Waals surface area contributed by atoms with Gasteiger partial charge in [-0.25, -0.2) is 0 Å². The Morgan fingerprint density at radius 3 is 2.48 bits per heavy atom. The van der Waals surface area contributed by atoms with Gasteiger partial charge in [0.05, 0.1) is 13.2 Å². The van der Waals surface area contributed by atoms with Gasteiger partial charge in [-0.1, -0.05) is 43.7 Å². The van der Waals surface area contributed by atoms with Gasteiger partial charge >= 0.3 is 0 Å². The molecule has 6 heteroatoms. The van der Waals surface area contributed by atoms with E-state index in [2.05, 4.69) is 41.4 Å². The van der Waals surface area contributed by atoms with Crippen molar-refractivity contribution in [3.05, 3.63) is 35.9 Å². The van der Waals surface area contributed by atoms with Crippen LogP contribution in [0.2, 0.25) is 0 Å². The van der Waals surface area contributed by atoms with E-state index < -0.39 is 0 Å². The number of nitrogens with zero attached hydrogens (tertiary/aromatic N) is 2. The Balaban J connectivity index is 0.00000576.